The van der Waals surface area contributed by atoms with Gasteiger partial charge in [-0.3, -0.25) is 0 Å². The van der Waals surface area contributed by atoms with E-state index in [2.05, 4.69) is 20.6 Å². The van der Waals surface area contributed by atoms with Crippen LogP contribution in [-0.4, -0.2) is 38.1 Å². The minimum Gasteiger partial charge on any atom is -0.442 e. The molecule has 0 amide bonds. The van der Waals surface area contributed by atoms with E-state index in [4.69, 9.17) is 15.9 Å². The number of rotatable bonds is 8. The van der Waals surface area contributed by atoms with Gasteiger partial charge in [-0.15, -0.1) is 0 Å². The Bertz CT molecular complexity index is 383. The van der Waals surface area contributed by atoms with Crippen LogP contribution >= 0.6 is 0 Å². The Morgan fingerprint density at radius 2 is 1.42 bits per heavy atom. The van der Waals surface area contributed by atoms with Gasteiger partial charge >= 0.3 is 11.9 Å². The number of carbonyl (C=O) groups excluding carboxylic acids is 2. The molecule has 0 atom stereocenters. The molecule has 0 radical (unpaired) electrons. The monoisotopic (exact) mass is 272 g/mol. The molecule has 0 unspecified atom stereocenters. The molecule has 9 heteroatoms. The third kappa shape index (κ3) is 5.06. The van der Waals surface area contributed by atoms with Crippen molar-refractivity contribution in [3.8, 4) is 0 Å². The Morgan fingerprint density at radius 3 is 1.79 bits per heavy atom. The van der Waals surface area contributed by atoms with Crippen LogP contribution in [0.1, 0.15) is 21.1 Å². The van der Waals surface area contributed by atoms with Crippen molar-refractivity contribution < 1.29 is 23.7 Å². The van der Waals surface area contributed by atoms with Gasteiger partial charge in [-0.25, -0.2) is 9.59 Å². The topological polar surface area (TPSA) is 142 Å². The smallest absolute Gasteiger partial charge is 0.392 e. The fourth-order valence-electron chi connectivity index (χ4n) is 1.01. The van der Waals surface area contributed by atoms with Crippen molar-refractivity contribution in [1.29, 1.82) is 0 Å². The third-order valence-corrected chi connectivity index (χ3v) is 1.83. The molecular formula is C10H16N4O5. The van der Waals surface area contributed by atoms with Crippen LogP contribution < -0.4 is 22.4 Å². The Hall–Kier alpha value is -1.94. The molecule has 1 aromatic heterocycles. The molecule has 0 spiro atoms. The first-order chi connectivity index (χ1) is 9.19. The molecule has 106 valence electrons. The summed E-state index contributed by atoms with van der Waals surface area (Å²) in [7, 11) is 0. The maximum atomic E-state index is 11.4. The van der Waals surface area contributed by atoms with Crippen LogP contribution in [0.3, 0.4) is 0 Å². The minimum atomic E-state index is -0.762. The lowest BCUT2D eigenvalue weighted by molar-refractivity contribution is 0.0189. The first kappa shape index (κ1) is 15.1. The zero-order chi connectivity index (χ0) is 14.1. The number of carbonyl (C=O) groups is 2. The highest BCUT2D eigenvalue weighted by Crippen LogP contribution is 2.09. The van der Waals surface area contributed by atoms with Gasteiger partial charge in [0.2, 0.25) is 11.5 Å². The molecule has 1 rings (SSSR count). The van der Waals surface area contributed by atoms with Crippen LogP contribution in [0, 0.1) is 0 Å². The molecule has 0 aliphatic carbocycles. The van der Waals surface area contributed by atoms with Crippen molar-refractivity contribution in [2.24, 2.45) is 11.5 Å². The molecule has 0 bridgehead atoms. The number of hydrogen-bond donors (Lipinski definition) is 4. The van der Waals surface area contributed by atoms with Crippen molar-refractivity contribution >= 4 is 11.9 Å². The highest BCUT2D eigenvalue weighted by molar-refractivity contribution is 5.90. The van der Waals surface area contributed by atoms with E-state index in [1.807, 2.05) is 0 Å². The average molecular weight is 272 g/mol. The van der Waals surface area contributed by atoms with Crippen molar-refractivity contribution in [2.45, 2.75) is 0 Å². The Kier molecular flexibility index (Phi) is 6.53. The summed E-state index contributed by atoms with van der Waals surface area (Å²) in [6.07, 6.45) is 0. The van der Waals surface area contributed by atoms with Crippen LogP contribution in [0.2, 0.25) is 0 Å². The normalized spacial score (nSPS) is 10.2. The van der Waals surface area contributed by atoms with Gasteiger partial charge in [0, 0.05) is 26.2 Å². The van der Waals surface area contributed by atoms with E-state index in [9.17, 15) is 9.59 Å². The molecule has 6 N–H and O–H groups in total. The first-order valence-corrected chi connectivity index (χ1v) is 5.57. The van der Waals surface area contributed by atoms with Gasteiger partial charge < -0.3 is 25.6 Å². The maximum Gasteiger partial charge on any atom is 0.392 e. The highest BCUT2D eigenvalue weighted by atomic mass is 16.7. The summed E-state index contributed by atoms with van der Waals surface area (Å²) in [6, 6.07) is 2.60. The molecule has 1 heterocycles. The predicted molar refractivity (Wildman–Crippen MR) is 63.7 cm³/mol. The molecule has 19 heavy (non-hydrogen) atoms. The molecule has 0 aromatic carbocycles. The van der Waals surface area contributed by atoms with Gasteiger partial charge in [-0.05, 0) is 12.1 Å². The van der Waals surface area contributed by atoms with Crippen LogP contribution in [-0.2, 0) is 9.68 Å². The lowest BCUT2D eigenvalue weighted by atomic mass is 10.4. The molecule has 0 saturated carbocycles. The standard InChI is InChI=1S/C10H16N4O5/c11-3-5-13-18-9(15)7-1-2-8(17-7)10(16)19-14-6-4-12/h1-2,13-14H,3-6,11-12H2. The van der Waals surface area contributed by atoms with Crippen molar-refractivity contribution in [3.63, 3.8) is 0 Å². The molecule has 0 aliphatic rings. The van der Waals surface area contributed by atoms with Crippen LogP contribution in [0.5, 0.6) is 0 Å². The Morgan fingerprint density at radius 1 is 1.00 bits per heavy atom. The fourth-order valence-corrected chi connectivity index (χ4v) is 1.01. The van der Waals surface area contributed by atoms with Crippen LogP contribution in [0.25, 0.3) is 0 Å². The number of hydroxylamine groups is 2. The second-order valence-electron chi connectivity index (χ2n) is 3.31. The molecule has 0 saturated heterocycles. The van der Waals surface area contributed by atoms with Gasteiger partial charge in [-0.1, -0.05) is 0 Å². The lowest BCUT2D eigenvalue weighted by Crippen LogP contribution is -2.26. The summed E-state index contributed by atoms with van der Waals surface area (Å²) in [4.78, 5) is 32.1. The molecular weight excluding hydrogens is 256 g/mol. The van der Waals surface area contributed by atoms with Gasteiger partial charge in [-0.2, -0.15) is 11.0 Å². The maximum absolute atomic E-state index is 11.4. The van der Waals surface area contributed by atoms with E-state index in [0.717, 1.165) is 0 Å². The van der Waals surface area contributed by atoms with Crippen LogP contribution in [0.4, 0.5) is 0 Å². The van der Waals surface area contributed by atoms with E-state index in [1.54, 1.807) is 0 Å². The van der Waals surface area contributed by atoms with E-state index in [-0.39, 0.29) is 11.5 Å². The van der Waals surface area contributed by atoms with Gasteiger partial charge in [0.1, 0.15) is 0 Å². The first-order valence-electron chi connectivity index (χ1n) is 5.57. The molecule has 0 fully saturated rings. The summed E-state index contributed by atoms with van der Waals surface area (Å²) >= 11 is 0. The molecule has 0 aliphatic heterocycles. The Balaban J connectivity index is 2.46. The highest BCUT2D eigenvalue weighted by Gasteiger charge is 2.18. The number of nitrogens with one attached hydrogen (secondary N) is 2. The fraction of sp³-hybridized carbons (Fsp3) is 0.400. The zero-order valence-electron chi connectivity index (χ0n) is 10.2. The second-order valence-corrected chi connectivity index (χ2v) is 3.31. The summed E-state index contributed by atoms with van der Waals surface area (Å²) in [5.74, 6) is -1.78. The van der Waals surface area contributed by atoms with E-state index in [1.165, 1.54) is 12.1 Å². The zero-order valence-corrected chi connectivity index (χ0v) is 10.2. The number of hydrogen-bond acceptors (Lipinski definition) is 9. The van der Waals surface area contributed by atoms with E-state index < -0.39 is 11.9 Å². The van der Waals surface area contributed by atoms with Crippen molar-refractivity contribution in [2.75, 3.05) is 26.2 Å². The largest absolute Gasteiger partial charge is 0.442 e. The van der Waals surface area contributed by atoms with Crippen molar-refractivity contribution in [1.82, 2.24) is 11.0 Å². The number of furan rings is 1. The Labute approximate surface area is 109 Å². The quantitative estimate of drug-likeness (QED) is 0.329. The number of nitrogens with two attached hydrogens (primary N) is 2. The SMILES string of the molecule is NCCNOC(=O)c1ccc(C(=O)ONCCN)o1. The third-order valence-electron chi connectivity index (χ3n) is 1.83. The van der Waals surface area contributed by atoms with Crippen LogP contribution in [0.15, 0.2) is 16.5 Å². The molecule has 9 nitrogen and oxygen atoms in total. The van der Waals surface area contributed by atoms with Gasteiger partial charge in [0.25, 0.3) is 0 Å². The summed E-state index contributed by atoms with van der Waals surface area (Å²) in [6.45, 7) is 1.25. The lowest BCUT2D eigenvalue weighted by Gasteiger charge is -2.02. The van der Waals surface area contributed by atoms with E-state index in [0.29, 0.717) is 26.2 Å². The summed E-state index contributed by atoms with van der Waals surface area (Å²) in [5.41, 5.74) is 15.1. The van der Waals surface area contributed by atoms with Crippen molar-refractivity contribution in [3.05, 3.63) is 23.7 Å². The summed E-state index contributed by atoms with van der Waals surface area (Å²) in [5, 5.41) is 0. The van der Waals surface area contributed by atoms with Gasteiger partial charge in [0.15, 0.2) is 0 Å². The van der Waals surface area contributed by atoms with Gasteiger partial charge in [0.05, 0.1) is 0 Å². The van der Waals surface area contributed by atoms with E-state index >= 15 is 0 Å². The summed E-state index contributed by atoms with van der Waals surface area (Å²) < 4.78 is 4.98. The second kappa shape index (κ2) is 8.21. The minimum absolute atomic E-state index is 0.129. The molecule has 1 aromatic rings. The average Bonchev–Trinajstić information content (AvgIpc) is 2.89. The predicted octanol–water partition coefficient (Wildman–Crippen LogP) is -1.48.